The van der Waals surface area contributed by atoms with Crippen LogP contribution in [0.15, 0.2) is 0 Å². The van der Waals surface area contributed by atoms with Gasteiger partial charge >= 0.3 is 5.97 Å². The van der Waals surface area contributed by atoms with Gasteiger partial charge < -0.3 is 14.8 Å². The first-order chi connectivity index (χ1) is 13.5. The Kier molecular flexibility index (Phi) is 5.80. The zero-order valence-electron chi connectivity index (χ0n) is 16.8. The Balaban J connectivity index is 1.59. The minimum absolute atomic E-state index is 0.0158. The van der Waals surface area contributed by atoms with Crippen LogP contribution in [0, 0.1) is 19.8 Å². The standard InChI is InChI=1S/C20H28N4O3S/c1-12-13(2)28-19-17(12)18(21-15-5-4-14(10-15)20(25)26-3)22-16(23-19)11-24-6-8-27-9-7-24/h14-15H,4-11H2,1-3H3,(H,21,22,23)/t14-,15+/m0/s1. The van der Waals surface area contributed by atoms with E-state index in [1.165, 1.54) is 17.6 Å². The second kappa shape index (κ2) is 8.31. The van der Waals surface area contributed by atoms with Gasteiger partial charge in [0.2, 0.25) is 0 Å². The summed E-state index contributed by atoms with van der Waals surface area (Å²) in [6.07, 6.45) is 2.60. The minimum Gasteiger partial charge on any atom is -0.469 e. The zero-order chi connectivity index (χ0) is 19.7. The number of carbonyl (C=O) groups is 1. The maximum absolute atomic E-state index is 11.9. The Morgan fingerprint density at radius 1 is 1.29 bits per heavy atom. The Hall–Kier alpha value is -1.77. The molecule has 2 aromatic rings. The van der Waals surface area contributed by atoms with E-state index < -0.39 is 0 Å². The lowest BCUT2D eigenvalue weighted by Gasteiger charge is -2.26. The van der Waals surface area contributed by atoms with Crippen LogP contribution < -0.4 is 5.32 Å². The highest BCUT2D eigenvalue weighted by Crippen LogP contribution is 2.36. The molecule has 8 heteroatoms. The van der Waals surface area contributed by atoms with Crippen LogP contribution in [0.1, 0.15) is 35.5 Å². The molecule has 1 N–H and O–H groups in total. The smallest absolute Gasteiger partial charge is 0.308 e. The molecular formula is C20H28N4O3S. The monoisotopic (exact) mass is 404 g/mol. The van der Waals surface area contributed by atoms with Gasteiger partial charge in [0.1, 0.15) is 16.5 Å². The lowest BCUT2D eigenvalue weighted by atomic mass is 10.1. The predicted octanol–water partition coefficient (Wildman–Crippen LogP) is 2.89. The maximum Gasteiger partial charge on any atom is 0.308 e. The second-order valence-corrected chi connectivity index (χ2v) is 8.92. The van der Waals surface area contributed by atoms with Crippen molar-refractivity contribution in [2.24, 2.45) is 5.92 Å². The zero-order valence-corrected chi connectivity index (χ0v) is 17.6. The van der Waals surface area contributed by atoms with Gasteiger partial charge in [0.05, 0.1) is 38.2 Å². The number of carbonyl (C=O) groups excluding carboxylic acids is 1. The number of fused-ring (bicyclic) bond motifs is 1. The van der Waals surface area contributed by atoms with E-state index in [0.29, 0.717) is 0 Å². The highest BCUT2D eigenvalue weighted by atomic mass is 32.1. The number of rotatable bonds is 5. The van der Waals surface area contributed by atoms with E-state index in [2.05, 4.69) is 24.1 Å². The van der Waals surface area contributed by atoms with Crippen molar-refractivity contribution in [1.82, 2.24) is 14.9 Å². The summed E-state index contributed by atoms with van der Waals surface area (Å²) in [5, 5.41) is 4.75. The number of methoxy groups -OCH3 is 1. The summed E-state index contributed by atoms with van der Waals surface area (Å²) in [7, 11) is 1.46. The number of aryl methyl sites for hydroxylation is 2. The largest absolute Gasteiger partial charge is 0.469 e. The van der Waals surface area contributed by atoms with Crippen LogP contribution in [0.2, 0.25) is 0 Å². The fraction of sp³-hybridized carbons (Fsp3) is 0.650. The molecule has 1 saturated carbocycles. The second-order valence-electron chi connectivity index (χ2n) is 7.71. The molecular weight excluding hydrogens is 376 g/mol. The normalized spacial score (nSPS) is 23.2. The van der Waals surface area contributed by atoms with Crippen LogP contribution >= 0.6 is 11.3 Å². The molecule has 2 atom stereocenters. The van der Waals surface area contributed by atoms with E-state index >= 15 is 0 Å². The number of hydrogen-bond acceptors (Lipinski definition) is 8. The number of anilines is 1. The molecule has 7 nitrogen and oxygen atoms in total. The molecule has 0 amide bonds. The van der Waals surface area contributed by atoms with E-state index in [-0.39, 0.29) is 17.9 Å². The van der Waals surface area contributed by atoms with Gasteiger partial charge in [0.25, 0.3) is 0 Å². The molecule has 3 heterocycles. The van der Waals surface area contributed by atoms with Crippen LogP contribution in [-0.4, -0.2) is 60.3 Å². The van der Waals surface area contributed by atoms with Crippen molar-refractivity contribution in [2.45, 2.75) is 45.7 Å². The summed E-state index contributed by atoms with van der Waals surface area (Å²) in [6.45, 7) is 8.36. The third-order valence-corrected chi connectivity index (χ3v) is 6.95. The molecule has 0 radical (unpaired) electrons. The predicted molar refractivity (Wildman–Crippen MR) is 110 cm³/mol. The summed E-state index contributed by atoms with van der Waals surface area (Å²) in [5.74, 6) is 1.64. The highest BCUT2D eigenvalue weighted by Gasteiger charge is 2.31. The molecule has 2 fully saturated rings. The number of aromatic nitrogens is 2. The fourth-order valence-corrected chi connectivity index (χ4v) is 5.16. The topological polar surface area (TPSA) is 76.6 Å². The number of nitrogens with zero attached hydrogens (tertiary/aromatic N) is 3. The summed E-state index contributed by atoms with van der Waals surface area (Å²) in [4.78, 5) is 26.3. The number of ether oxygens (including phenoxy) is 2. The van der Waals surface area contributed by atoms with E-state index in [1.807, 2.05) is 0 Å². The minimum atomic E-state index is -0.104. The molecule has 152 valence electrons. The first kappa shape index (κ1) is 19.5. The van der Waals surface area contributed by atoms with Gasteiger partial charge in [0, 0.05) is 24.0 Å². The molecule has 2 aliphatic rings. The van der Waals surface area contributed by atoms with Gasteiger partial charge in [-0.25, -0.2) is 9.97 Å². The third kappa shape index (κ3) is 3.99. The SMILES string of the molecule is COC(=O)[C@H]1CC[C@@H](Nc2nc(CN3CCOCC3)nc3sc(C)c(C)c23)C1. The summed E-state index contributed by atoms with van der Waals surface area (Å²) in [6, 6.07) is 0.234. The lowest BCUT2D eigenvalue weighted by molar-refractivity contribution is -0.145. The van der Waals surface area contributed by atoms with Crippen LogP contribution in [0.5, 0.6) is 0 Å². The average molecular weight is 405 g/mol. The number of nitrogens with one attached hydrogen (secondary N) is 1. The van der Waals surface area contributed by atoms with Gasteiger partial charge in [-0.05, 0) is 38.7 Å². The van der Waals surface area contributed by atoms with Crippen molar-refractivity contribution in [2.75, 3.05) is 38.7 Å². The van der Waals surface area contributed by atoms with Crippen LogP contribution in [0.4, 0.5) is 5.82 Å². The number of hydrogen-bond donors (Lipinski definition) is 1. The molecule has 0 aromatic carbocycles. The summed E-state index contributed by atoms with van der Waals surface area (Å²) >= 11 is 1.73. The van der Waals surface area contributed by atoms with Gasteiger partial charge in [-0.15, -0.1) is 11.3 Å². The molecule has 4 rings (SSSR count). The summed E-state index contributed by atoms with van der Waals surface area (Å²) < 4.78 is 10.4. The molecule has 0 spiro atoms. The number of morpholine rings is 1. The molecule has 1 aliphatic carbocycles. The molecule has 28 heavy (non-hydrogen) atoms. The number of esters is 1. The van der Waals surface area contributed by atoms with Crippen molar-refractivity contribution < 1.29 is 14.3 Å². The van der Waals surface area contributed by atoms with Crippen LogP contribution in [-0.2, 0) is 20.8 Å². The Labute approximate surface area is 169 Å². The van der Waals surface area contributed by atoms with Crippen molar-refractivity contribution in [3.8, 4) is 0 Å². The maximum atomic E-state index is 11.9. The van der Waals surface area contributed by atoms with E-state index in [4.69, 9.17) is 19.4 Å². The number of thiophene rings is 1. The van der Waals surface area contributed by atoms with Crippen LogP contribution in [0.25, 0.3) is 10.2 Å². The van der Waals surface area contributed by atoms with Crippen molar-refractivity contribution in [3.63, 3.8) is 0 Å². The quantitative estimate of drug-likeness (QED) is 0.768. The molecule has 0 bridgehead atoms. The Bertz CT molecular complexity index is 863. The van der Waals surface area contributed by atoms with Crippen molar-refractivity contribution in [1.29, 1.82) is 0 Å². The fourth-order valence-electron chi connectivity index (χ4n) is 4.11. The first-order valence-electron chi connectivity index (χ1n) is 9.96. The van der Waals surface area contributed by atoms with Crippen molar-refractivity contribution >= 4 is 33.3 Å². The molecule has 0 unspecified atom stereocenters. The molecule has 1 aliphatic heterocycles. The average Bonchev–Trinajstić information content (AvgIpc) is 3.27. The first-order valence-corrected chi connectivity index (χ1v) is 10.8. The van der Waals surface area contributed by atoms with E-state index in [0.717, 1.165) is 74.0 Å². The lowest BCUT2D eigenvalue weighted by Crippen LogP contribution is -2.36. The molecule has 2 aromatic heterocycles. The van der Waals surface area contributed by atoms with Gasteiger partial charge in [0.15, 0.2) is 0 Å². The van der Waals surface area contributed by atoms with E-state index in [1.54, 1.807) is 11.3 Å². The summed E-state index contributed by atoms with van der Waals surface area (Å²) in [5.41, 5.74) is 1.24. The van der Waals surface area contributed by atoms with Gasteiger partial charge in [-0.1, -0.05) is 0 Å². The highest BCUT2D eigenvalue weighted by molar-refractivity contribution is 7.18. The van der Waals surface area contributed by atoms with Crippen LogP contribution in [0.3, 0.4) is 0 Å². The van der Waals surface area contributed by atoms with Gasteiger partial charge in [-0.2, -0.15) is 0 Å². The Morgan fingerprint density at radius 2 is 2.07 bits per heavy atom. The Morgan fingerprint density at radius 3 is 2.82 bits per heavy atom. The van der Waals surface area contributed by atoms with E-state index in [9.17, 15) is 4.79 Å². The van der Waals surface area contributed by atoms with Gasteiger partial charge in [-0.3, -0.25) is 9.69 Å². The molecule has 1 saturated heterocycles. The third-order valence-electron chi connectivity index (χ3n) is 5.85. The van der Waals surface area contributed by atoms with Crippen molar-refractivity contribution in [3.05, 3.63) is 16.3 Å².